The van der Waals surface area contributed by atoms with Crippen molar-refractivity contribution in [3.05, 3.63) is 70.6 Å². The molecule has 1 atom stereocenters. The Labute approximate surface area is 183 Å². The van der Waals surface area contributed by atoms with Crippen molar-refractivity contribution in [2.45, 2.75) is 31.7 Å². The highest BCUT2D eigenvalue weighted by Crippen LogP contribution is 2.36. The van der Waals surface area contributed by atoms with Crippen LogP contribution in [0.1, 0.15) is 36.2 Å². The lowest BCUT2D eigenvalue weighted by Gasteiger charge is -2.22. The normalized spacial score (nSPS) is 16.4. The second-order valence-electron chi connectivity index (χ2n) is 7.39. The first-order valence-electron chi connectivity index (χ1n) is 10.0. The fourth-order valence-corrected chi connectivity index (χ4v) is 5.13. The maximum atomic E-state index is 13.0. The maximum absolute atomic E-state index is 13.0. The van der Waals surface area contributed by atoms with Gasteiger partial charge in [-0.25, -0.2) is 9.97 Å². The molecule has 0 aliphatic carbocycles. The number of carbonyl (C=O) groups is 1. The van der Waals surface area contributed by atoms with Gasteiger partial charge in [0.25, 0.3) is 0 Å². The van der Waals surface area contributed by atoms with Gasteiger partial charge in [-0.1, -0.05) is 23.7 Å². The van der Waals surface area contributed by atoms with E-state index in [0.29, 0.717) is 29.5 Å². The Bertz CT molecular complexity index is 1150. The highest BCUT2D eigenvalue weighted by molar-refractivity contribution is 7.18. The second kappa shape index (κ2) is 8.20. The Morgan fingerprint density at radius 3 is 2.87 bits per heavy atom. The Balaban J connectivity index is 1.25. The molecule has 1 aliphatic rings. The number of amides is 1. The molecule has 3 heterocycles. The Kier molecular flexibility index (Phi) is 5.27. The van der Waals surface area contributed by atoms with Crippen LogP contribution in [0.5, 0.6) is 0 Å². The van der Waals surface area contributed by atoms with Crippen molar-refractivity contribution in [1.29, 1.82) is 0 Å². The fourth-order valence-electron chi connectivity index (χ4n) is 3.89. The maximum Gasteiger partial charge on any atom is 0.223 e. The molecule has 0 N–H and O–H groups in total. The van der Waals surface area contributed by atoms with Gasteiger partial charge in [0.2, 0.25) is 5.91 Å². The molecule has 30 heavy (non-hydrogen) atoms. The van der Waals surface area contributed by atoms with E-state index in [0.717, 1.165) is 35.5 Å². The number of oxazole rings is 1. The summed E-state index contributed by atoms with van der Waals surface area (Å²) in [6, 6.07) is 15.6. The smallest absolute Gasteiger partial charge is 0.223 e. The number of aromatic nitrogens is 2. The molecular formula is C23H20ClN3O2S. The standard InChI is InChI=1S/C23H20ClN3O2S/c24-16-9-7-15(8-10-16)19-14-25-21(29-19)11-12-22(28)27-13-3-5-18(27)23-26-17-4-1-2-6-20(17)30-23/h1-2,4,6-10,14,18H,3,5,11-13H2/t18-/m1/s1. The predicted octanol–water partition coefficient (Wildman–Crippen LogP) is 5.90. The van der Waals surface area contributed by atoms with Crippen LogP contribution >= 0.6 is 22.9 Å². The summed E-state index contributed by atoms with van der Waals surface area (Å²) in [6.45, 7) is 0.779. The third-order valence-electron chi connectivity index (χ3n) is 5.40. The van der Waals surface area contributed by atoms with E-state index >= 15 is 0 Å². The predicted molar refractivity (Wildman–Crippen MR) is 119 cm³/mol. The molecule has 4 aromatic rings. The lowest BCUT2D eigenvalue weighted by molar-refractivity contribution is -0.132. The number of rotatable bonds is 5. The van der Waals surface area contributed by atoms with Crippen LogP contribution in [0, 0.1) is 0 Å². The largest absolute Gasteiger partial charge is 0.441 e. The lowest BCUT2D eigenvalue weighted by Crippen LogP contribution is -2.30. The van der Waals surface area contributed by atoms with Gasteiger partial charge in [0, 0.05) is 30.0 Å². The Hall–Kier alpha value is -2.70. The summed E-state index contributed by atoms with van der Waals surface area (Å²) in [5.74, 6) is 1.38. The summed E-state index contributed by atoms with van der Waals surface area (Å²) in [5.41, 5.74) is 1.92. The van der Waals surface area contributed by atoms with E-state index < -0.39 is 0 Å². The van der Waals surface area contributed by atoms with Crippen molar-refractivity contribution in [1.82, 2.24) is 14.9 Å². The average molecular weight is 438 g/mol. The molecule has 7 heteroatoms. The van der Waals surface area contributed by atoms with Gasteiger partial charge < -0.3 is 9.32 Å². The monoisotopic (exact) mass is 437 g/mol. The van der Waals surface area contributed by atoms with Crippen molar-refractivity contribution >= 4 is 39.1 Å². The molecule has 0 bridgehead atoms. The summed E-state index contributed by atoms with van der Waals surface area (Å²) < 4.78 is 7.01. The molecule has 1 saturated heterocycles. The number of para-hydroxylation sites is 1. The van der Waals surface area contributed by atoms with E-state index in [1.54, 1.807) is 17.5 Å². The highest BCUT2D eigenvalue weighted by atomic mass is 35.5. The number of aryl methyl sites for hydroxylation is 1. The number of thiazole rings is 1. The molecule has 5 rings (SSSR count). The summed E-state index contributed by atoms with van der Waals surface area (Å²) in [5, 5.41) is 1.71. The van der Waals surface area contributed by atoms with Gasteiger partial charge in [0.15, 0.2) is 11.7 Å². The van der Waals surface area contributed by atoms with Gasteiger partial charge in [0.1, 0.15) is 5.01 Å². The minimum Gasteiger partial charge on any atom is -0.441 e. The zero-order valence-corrected chi connectivity index (χ0v) is 17.8. The molecule has 0 saturated carbocycles. The number of hydrogen-bond donors (Lipinski definition) is 0. The summed E-state index contributed by atoms with van der Waals surface area (Å²) in [6.07, 6.45) is 4.53. The van der Waals surface area contributed by atoms with Crippen LogP contribution < -0.4 is 0 Å². The van der Waals surface area contributed by atoms with E-state index in [4.69, 9.17) is 21.0 Å². The molecule has 5 nitrogen and oxygen atoms in total. The van der Waals surface area contributed by atoms with Crippen molar-refractivity contribution in [2.24, 2.45) is 0 Å². The van der Waals surface area contributed by atoms with Crippen LogP contribution in [0.2, 0.25) is 5.02 Å². The van der Waals surface area contributed by atoms with E-state index in [1.807, 2.05) is 47.4 Å². The van der Waals surface area contributed by atoms with Crippen LogP contribution in [0.15, 0.2) is 59.1 Å². The van der Waals surface area contributed by atoms with E-state index in [9.17, 15) is 4.79 Å². The van der Waals surface area contributed by atoms with Crippen LogP contribution in [0.3, 0.4) is 0 Å². The van der Waals surface area contributed by atoms with Crippen LogP contribution in [0.4, 0.5) is 0 Å². The van der Waals surface area contributed by atoms with Gasteiger partial charge >= 0.3 is 0 Å². The van der Waals surface area contributed by atoms with E-state index in [-0.39, 0.29) is 11.9 Å². The molecule has 0 unspecified atom stereocenters. The topological polar surface area (TPSA) is 59.2 Å². The molecule has 2 aromatic heterocycles. The van der Waals surface area contributed by atoms with Crippen molar-refractivity contribution in [2.75, 3.05) is 6.54 Å². The molecule has 0 radical (unpaired) electrons. The lowest BCUT2D eigenvalue weighted by atomic mass is 10.2. The molecule has 1 fully saturated rings. The molecule has 2 aromatic carbocycles. The van der Waals surface area contributed by atoms with Gasteiger partial charge in [-0.15, -0.1) is 11.3 Å². The Morgan fingerprint density at radius 2 is 2.03 bits per heavy atom. The molecule has 1 amide bonds. The number of nitrogens with zero attached hydrogens (tertiary/aromatic N) is 3. The average Bonchev–Trinajstić information content (AvgIpc) is 3.51. The highest BCUT2D eigenvalue weighted by Gasteiger charge is 2.32. The number of carbonyl (C=O) groups excluding carboxylic acids is 1. The van der Waals surface area contributed by atoms with Gasteiger partial charge in [0.05, 0.1) is 22.5 Å². The number of fused-ring (bicyclic) bond motifs is 1. The summed E-state index contributed by atoms with van der Waals surface area (Å²) in [7, 11) is 0. The Morgan fingerprint density at radius 1 is 1.20 bits per heavy atom. The van der Waals surface area contributed by atoms with Crippen molar-refractivity contribution < 1.29 is 9.21 Å². The first kappa shape index (κ1) is 19.3. The van der Waals surface area contributed by atoms with Crippen LogP contribution in [-0.2, 0) is 11.2 Å². The molecule has 1 aliphatic heterocycles. The van der Waals surface area contributed by atoms with Gasteiger partial charge in [-0.05, 0) is 49.2 Å². The summed E-state index contributed by atoms with van der Waals surface area (Å²) in [4.78, 5) is 24.0. The number of hydrogen-bond acceptors (Lipinski definition) is 5. The SMILES string of the molecule is O=C(CCc1ncc(-c2ccc(Cl)cc2)o1)N1CCC[C@@H]1c1nc2ccccc2s1. The first-order valence-corrected chi connectivity index (χ1v) is 11.2. The van der Waals surface area contributed by atoms with Crippen LogP contribution in [0.25, 0.3) is 21.5 Å². The summed E-state index contributed by atoms with van der Waals surface area (Å²) >= 11 is 7.62. The van der Waals surface area contributed by atoms with Gasteiger partial charge in [-0.2, -0.15) is 0 Å². The minimum absolute atomic E-state index is 0.0732. The van der Waals surface area contributed by atoms with Crippen molar-refractivity contribution in [3.8, 4) is 11.3 Å². The third kappa shape index (κ3) is 3.85. The number of likely N-dealkylation sites (tertiary alicyclic amines) is 1. The molecule has 152 valence electrons. The molecular weight excluding hydrogens is 418 g/mol. The fraction of sp³-hybridized carbons (Fsp3) is 0.261. The second-order valence-corrected chi connectivity index (χ2v) is 8.89. The first-order chi connectivity index (χ1) is 14.7. The zero-order chi connectivity index (χ0) is 20.5. The molecule has 0 spiro atoms. The minimum atomic E-state index is 0.0732. The van der Waals surface area contributed by atoms with Crippen LogP contribution in [-0.4, -0.2) is 27.3 Å². The third-order valence-corrected chi connectivity index (χ3v) is 6.79. The van der Waals surface area contributed by atoms with Gasteiger partial charge in [-0.3, -0.25) is 4.79 Å². The van der Waals surface area contributed by atoms with E-state index in [1.165, 1.54) is 4.70 Å². The zero-order valence-electron chi connectivity index (χ0n) is 16.3. The number of benzene rings is 2. The number of halogens is 1. The van der Waals surface area contributed by atoms with E-state index in [2.05, 4.69) is 11.1 Å². The van der Waals surface area contributed by atoms with Crippen molar-refractivity contribution in [3.63, 3.8) is 0 Å². The quantitative estimate of drug-likeness (QED) is 0.390.